The molecule has 1 aromatic carbocycles. The van der Waals surface area contributed by atoms with Crippen LogP contribution in [0.2, 0.25) is 0 Å². The molecular formula is C21H19N5O3S. The van der Waals surface area contributed by atoms with Crippen molar-refractivity contribution in [1.29, 1.82) is 0 Å². The van der Waals surface area contributed by atoms with E-state index >= 15 is 0 Å². The highest BCUT2D eigenvalue weighted by Gasteiger charge is 2.32. The molecule has 4 heterocycles. The Hall–Kier alpha value is -3.46. The van der Waals surface area contributed by atoms with Crippen molar-refractivity contribution in [3.63, 3.8) is 0 Å². The van der Waals surface area contributed by atoms with E-state index in [9.17, 15) is 9.59 Å². The van der Waals surface area contributed by atoms with E-state index in [4.69, 9.17) is 4.42 Å². The third-order valence-corrected chi connectivity index (χ3v) is 5.95. The Kier molecular flexibility index (Phi) is 4.80. The topological polar surface area (TPSA) is 104 Å². The van der Waals surface area contributed by atoms with Crippen LogP contribution >= 0.6 is 11.3 Å². The van der Waals surface area contributed by atoms with E-state index in [2.05, 4.69) is 20.3 Å². The van der Waals surface area contributed by atoms with Gasteiger partial charge in [0, 0.05) is 11.9 Å². The number of fused-ring (bicyclic) bond motifs is 1. The van der Waals surface area contributed by atoms with Gasteiger partial charge in [0.15, 0.2) is 10.9 Å². The highest BCUT2D eigenvalue weighted by Crippen LogP contribution is 2.32. The van der Waals surface area contributed by atoms with Crippen molar-refractivity contribution in [2.24, 2.45) is 0 Å². The van der Waals surface area contributed by atoms with Crippen LogP contribution in [-0.4, -0.2) is 38.2 Å². The van der Waals surface area contributed by atoms with Crippen LogP contribution in [0.1, 0.15) is 41.0 Å². The molecule has 1 fully saturated rings. The van der Waals surface area contributed by atoms with Gasteiger partial charge < -0.3 is 14.3 Å². The second kappa shape index (κ2) is 7.75. The maximum atomic E-state index is 13.0. The minimum absolute atomic E-state index is 0.00664. The average Bonchev–Trinajstić information content (AvgIpc) is 3.53. The number of furan rings is 1. The van der Waals surface area contributed by atoms with Gasteiger partial charge in [0.1, 0.15) is 5.82 Å². The molecule has 1 saturated heterocycles. The zero-order valence-electron chi connectivity index (χ0n) is 16.0. The van der Waals surface area contributed by atoms with Gasteiger partial charge in [-0.25, -0.2) is 9.97 Å². The van der Waals surface area contributed by atoms with Crippen LogP contribution in [0, 0.1) is 0 Å². The molecular weight excluding hydrogens is 402 g/mol. The first kappa shape index (κ1) is 18.6. The lowest BCUT2D eigenvalue weighted by molar-refractivity contribution is -0.131. The number of nitrogens with zero attached hydrogens (tertiary/aromatic N) is 3. The van der Waals surface area contributed by atoms with Crippen molar-refractivity contribution in [1.82, 2.24) is 19.9 Å². The van der Waals surface area contributed by atoms with Gasteiger partial charge in [-0.2, -0.15) is 0 Å². The Morgan fingerprint density at radius 2 is 2.13 bits per heavy atom. The summed E-state index contributed by atoms with van der Waals surface area (Å²) < 4.78 is 5.08. The number of likely N-dealkylation sites (tertiary alicyclic amines) is 1. The predicted octanol–water partition coefficient (Wildman–Crippen LogP) is 3.77. The summed E-state index contributed by atoms with van der Waals surface area (Å²) in [5.74, 6) is 0.684. The largest absolute Gasteiger partial charge is 0.459 e. The van der Waals surface area contributed by atoms with Gasteiger partial charge in [-0.1, -0.05) is 12.1 Å². The van der Waals surface area contributed by atoms with E-state index in [1.807, 2.05) is 29.2 Å². The predicted molar refractivity (Wildman–Crippen MR) is 112 cm³/mol. The second-order valence-corrected chi connectivity index (χ2v) is 7.99. The SMILES string of the molecule is O=C(Nc1nc(CC(=O)N2CCCC2c2nc3ccccc3[nH]2)cs1)c1ccco1. The van der Waals surface area contributed by atoms with Crippen molar-refractivity contribution >= 4 is 39.3 Å². The zero-order chi connectivity index (χ0) is 20.5. The number of carbonyl (C=O) groups is 2. The van der Waals surface area contributed by atoms with Crippen LogP contribution in [0.3, 0.4) is 0 Å². The van der Waals surface area contributed by atoms with Crippen LogP contribution in [0.5, 0.6) is 0 Å². The minimum atomic E-state index is -0.364. The van der Waals surface area contributed by atoms with Crippen molar-refractivity contribution in [2.75, 3.05) is 11.9 Å². The van der Waals surface area contributed by atoms with Gasteiger partial charge in [-0.05, 0) is 37.1 Å². The number of carbonyl (C=O) groups excluding carboxylic acids is 2. The fourth-order valence-electron chi connectivity index (χ4n) is 3.75. The van der Waals surface area contributed by atoms with E-state index in [0.717, 1.165) is 29.7 Å². The summed E-state index contributed by atoms with van der Waals surface area (Å²) in [6, 6.07) is 11.0. The van der Waals surface area contributed by atoms with E-state index < -0.39 is 0 Å². The lowest BCUT2D eigenvalue weighted by Gasteiger charge is -2.22. The number of hydrogen-bond donors (Lipinski definition) is 2. The molecule has 0 bridgehead atoms. The molecule has 152 valence electrons. The molecule has 1 aliphatic heterocycles. The Bertz CT molecular complexity index is 1160. The number of benzene rings is 1. The molecule has 2 N–H and O–H groups in total. The van der Waals surface area contributed by atoms with Crippen molar-refractivity contribution in [2.45, 2.75) is 25.3 Å². The molecule has 5 rings (SSSR count). The van der Waals surface area contributed by atoms with Gasteiger partial charge in [0.2, 0.25) is 5.91 Å². The maximum Gasteiger partial charge on any atom is 0.293 e. The summed E-state index contributed by atoms with van der Waals surface area (Å²) in [4.78, 5) is 39.3. The van der Waals surface area contributed by atoms with Gasteiger partial charge in [0.25, 0.3) is 5.91 Å². The van der Waals surface area contributed by atoms with Crippen molar-refractivity contribution in [3.8, 4) is 0 Å². The van der Waals surface area contributed by atoms with Crippen molar-refractivity contribution in [3.05, 3.63) is 65.3 Å². The Balaban J connectivity index is 1.27. The summed E-state index contributed by atoms with van der Waals surface area (Å²) in [7, 11) is 0. The van der Waals surface area contributed by atoms with Crippen molar-refractivity contribution < 1.29 is 14.0 Å². The summed E-state index contributed by atoms with van der Waals surface area (Å²) >= 11 is 1.29. The Morgan fingerprint density at radius 3 is 2.97 bits per heavy atom. The summed E-state index contributed by atoms with van der Waals surface area (Å²) in [5, 5.41) is 4.92. The molecule has 2 amide bonds. The molecule has 1 aliphatic rings. The number of imidazole rings is 1. The second-order valence-electron chi connectivity index (χ2n) is 7.14. The first-order chi connectivity index (χ1) is 14.7. The number of anilines is 1. The smallest absolute Gasteiger partial charge is 0.293 e. The minimum Gasteiger partial charge on any atom is -0.459 e. The van der Waals surface area contributed by atoms with Gasteiger partial charge in [0.05, 0.1) is 35.5 Å². The molecule has 1 unspecified atom stereocenters. The number of H-pyrrole nitrogens is 1. The Labute approximate surface area is 175 Å². The van der Waals surface area contributed by atoms with E-state index in [1.165, 1.54) is 17.6 Å². The zero-order valence-corrected chi connectivity index (χ0v) is 16.8. The van der Waals surface area contributed by atoms with Gasteiger partial charge in [-0.3, -0.25) is 14.9 Å². The molecule has 30 heavy (non-hydrogen) atoms. The van der Waals surface area contributed by atoms with Crippen LogP contribution < -0.4 is 5.32 Å². The number of aromatic nitrogens is 3. The van der Waals surface area contributed by atoms with Crippen LogP contribution in [0.15, 0.2) is 52.5 Å². The lowest BCUT2D eigenvalue weighted by Crippen LogP contribution is -2.32. The average molecular weight is 421 g/mol. The third kappa shape index (κ3) is 3.59. The fraction of sp³-hybridized carbons (Fsp3) is 0.238. The molecule has 0 spiro atoms. The number of thiazole rings is 1. The van der Waals surface area contributed by atoms with Gasteiger partial charge in [-0.15, -0.1) is 11.3 Å². The van der Waals surface area contributed by atoms with E-state index in [0.29, 0.717) is 17.4 Å². The fourth-order valence-corrected chi connectivity index (χ4v) is 4.45. The Morgan fingerprint density at radius 1 is 1.23 bits per heavy atom. The normalized spacial score (nSPS) is 16.3. The molecule has 8 nitrogen and oxygen atoms in total. The number of amides is 2. The highest BCUT2D eigenvalue weighted by molar-refractivity contribution is 7.14. The molecule has 0 radical (unpaired) electrons. The molecule has 9 heteroatoms. The first-order valence-corrected chi connectivity index (χ1v) is 10.6. The monoisotopic (exact) mass is 421 g/mol. The standard InChI is InChI=1S/C21H19N5O3S/c27-18(11-13-12-30-21(22-13)25-20(28)17-8-4-10-29-17)26-9-3-7-16(26)19-23-14-5-1-2-6-15(14)24-19/h1-2,4-6,8,10,12,16H,3,7,9,11H2,(H,23,24)(H,22,25,28). The van der Waals surface area contributed by atoms with Crippen LogP contribution in [0.4, 0.5) is 5.13 Å². The molecule has 3 aromatic heterocycles. The van der Waals surface area contributed by atoms with E-state index in [-0.39, 0.29) is 30.0 Å². The summed E-state index contributed by atoms with van der Waals surface area (Å²) in [6.45, 7) is 0.701. The first-order valence-electron chi connectivity index (χ1n) is 9.71. The molecule has 4 aromatic rings. The third-order valence-electron chi connectivity index (χ3n) is 5.15. The molecule has 0 aliphatic carbocycles. The maximum absolute atomic E-state index is 13.0. The lowest BCUT2D eigenvalue weighted by atomic mass is 10.2. The molecule has 1 atom stereocenters. The molecule has 0 saturated carbocycles. The number of hydrogen-bond acceptors (Lipinski definition) is 6. The van der Waals surface area contributed by atoms with Crippen LogP contribution in [0.25, 0.3) is 11.0 Å². The van der Waals surface area contributed by atoms with Gasteiger partial charge >= 0.3 is 0 Å². The van der Waals surface area contributed by atoms with E-state index in [1.54, 1.807) is 17.5 Å². The highest BCUT2D eigenvalue weighted by atomic mass is 32.1. The number of nitrogens with one attached hydrogen (secondary N) is 2. The quantitative estimate of drug-likeness (QED) is 0.510. The van der Waals surface area contributed by atoms with Crippen LogP contribution in [-0.2, 0) is 11.2 Å². The summed E-state index contributed by atoms with van der Waals surface area (Å²) in [5.41, 5.74) is 2.52. The summed E-state index contributed by atoms with van der Waals surface area (Å²) in [6.07, 6.45) is 3.45. The number of rotatable bonds is 5. The number of aromatic amines is 1. The number of para-hydroxylation sites is 2.